The first-order valence-electron chi connectivity index (χ1n) is 6.34. The van der Waals surface area contributed by atoms with Crippen molar-refractivity contribution in [2.24, 2.45) is 17.6 Å². The highest BCUT2D eigenvalue weighted by Gasteiger charge is 2.30. The molecule has 0 saturated heterocycles. The zero-order valence-electron chi connectivity index (χ0n) is 10.2. The Morgan fingerprint density at radius 1 is 1.50 bits per heavy atom. The van der Waals surface area contributed by atoms with E-state index in [1.54, 1.807) is 6.20 Å². The number of nitrogens with one attached hydrogen (secondary N) is 1. The summed E-state index contributed by atoms with van der Waals surface area (Å²) in [5.74, 6) is 0.420. The number of rotatable bonds is 3. The number of halogens is 1. The minimum atomic E-state index is 0.0378. The molecule has 98 valence electrons. The summed E-state index contributed by atoms with van der Waals surface area (Å²) in [4.78, 5) is 16.4. The van der Waals surface area contributed by atoms with Gasteiger partial charge in [0.25, 0.3) is 0 Å². The third-order valence-electron chi connectivity index (χ3n) is 3.57. The number of anilines is 1. The molecule has 3 N–H and O–H groups in total. The van der Waals surface area contributed by atoms with Gasteiger partial charge in [0.05, 0.1) is 5.69 Å². The van der Waals surface area contributed by atoms with Crippen LogP contribution in [0, 0.1) is 11.8 Å². The first-order valence-corrected chi connectivity index (χ1v) is 7.13. The van der Waals surface area contributed by atoms with Crippen LogP contribution in [0.15, 0.2) is 22.9 Å². The number of hydrogen-bond donors (Lipinski definition) is 2. The molecule has 2 atom stereocenters. The molecule has 18 heavy (non-hydrogen) atoms. The maximum absolute atomic E-state index is 12.3. The van der Waals surface area contributed by atoms with Gasteiger partial charge in [-0.15, -0.1) is 0 Å². The summed E-state index contributed by atoms with van der Waals surface area (Å²) in [6.07, 6.45) is 5.97. The van der Waals surface area contributed by atoms with Crippen molar-refractivity contribution < 1.29 is 4.79 Å². The smallest absolute Gasteiger partial charge is 0.227 e. The molecule has 0 aliphatic heterocycles. The molecule has 1 amide bonds. The largest absolute Gasteiger partial charge is 0.330 e. The lowest BCUT2D eigenvalue weighted by molar-refractivity contribution is -0.122. The van der Waals surface area contributed by atoms with Crippen LogP contribution in [-0.4, -0.2) is 17.4 Å². The lowest BCUT2D eigenvalue weighted by atomic mass is 9.79. The van der Waals surface area contributed by atoms with Gasteiger partial charge in [0.1, 0.15) is 4.60 Å². The first-order chi connectivity index (χ1) is 8.72. The Bertz CT molecular complexity index is 424. The Morgan fingerprint density at radius 3 is 3.00 bits per heavy atom. The molecular formula is C13H18BrN3O. The molecule has 0 radical (unpaired) electrons. The van der Waals surface area contributed by atoms with E-state index in [1.165, 1.54) is 6.42 Å². The van der Waals surface area contributed by atoms with E-state index in [4.69, 9.17) is 5.73 Å². The van der Waals surface area contributed by atoms with Crippen molar-refractivity contribution in [3.05, 3.63) is 22.9 Å². The van der Waals surface area contributed by atoms with Gasteiger partial charge in [0.2, 0.25) is 5.91 Å². The van der Waals surface area contributed by atoms with Gasteiger partial charge in [-0.3, -0.25) is 4.79 Å². The molecule has 5 heteroatoms. The maximum atomic E-state index is 12.3. The van der Waals surface area contributed by atoms with E-state index in [9.17, 15) is 4.79 Å². The summed E-state index contributed by atoms with van der Waals surface area (Å²) >= 11 is 3.33. The minimum absolute atomic E-state index is 0.0378. The predicted molar refractivity (Wildman–Crippen MR) is 75.1 cm³/mol. The topological polar surface area (TPSA) is 68.0 Å². The molecule has 0 bridgehead atoms. The molecule has 0 aromatic carbocycles. The zero-order chi connectivity index (χ0) is 13.0. The Kier molecular flexibility index (Phi) is 4.72. The summed E-state index contributed by atoms with van der Waals surface area (Å²) < 4.78 is 0.665. The number of carbonyl (C=O) groups excluding carboxylic acids is 1. The SMILES string of the molecule is NCC1CCCCC1C(=O)Nc1cccnc1Br. The molecule has 1 saturated carbocycles. The molecule has 2 rings (SSSR count). The van der Waals surface area contributed by atoms with Crippen LogP contribution in [0.4, 0.5) is 5.69 Å². The monoisotopic (exact) mass is 311 g/mol. The molecule has 4 nitrogen and oxygen atoms in total. The van der Waals surface area contributed by atoms with Gasteiger partial charge in [-0.25, -0.2) is 4.98 Å². The Morgan fingerprint density at radius 2 is 2.28 bits per heavy atom. The van der Waals surface area contributed by atoms with Crippen LogP contribution in [0.2, 0.25) is 0 Å². The van der Waals surface area contributed by atoms with Crippen molar-refractivity contribution in [3.8, 4) is 0 Å². The fourth-order valence-electron chi connectivity index (χ4n) is 2.54. The third kappa shape index (κ3) is 3.09. The number of hydrogen-bond acceptors (Lipinski definition) is 3. The van der Waals surface area contributed by atoms with Crippen LogP contribution in [0.5, 0.6) is 0 Å². The molecule has 1 heterocycles. The molecule has 1 fully saturated rings. The lowest BCUT2D eigenvalue weighted by Gasteiger charge is -2.29. The second-order valence-electron chi connectivity index (χ2n) is 4.72. The number of nitrogens with zero attached hydrogens (tertiary/aromatic N) is 1. The molecule has 1 aliphatic carbocycles. The van der Waals surface area contributed by atoms with Gasteiger partial charge in [-0.2, -0.15) is 0 Å². The van der Waals surface area contributed by atoms with Gasteiger partial charge in [0.15, 0.2) is 0 Å². The minimum Gasteiger partial charge on any atom is -0.330 e. The summed E-state index contributed by atoms with van der Waals surface area (Å²) in [5, 5.41) is 2.94. The maximum Gasteiger partial charge on any atom is 0.227 e. The van der Waals surface area contributed by atoms with E-state index in [1.807, 2.05) is 12.1 Å². The summed E-state index contributed by atoms with van der Waals surface area (Å²) in [7, 11) is 0. The number of nitrogens with two attached hydrogens (primary N) is 1. The van der Waals surface area contributed by atoms with E-state index in [-0.39, 0.29) is 11.8 Å². The molecule has 2 unspecified atom stereocenters. The zero-order valence-corrected chi connectivity index (χ0v) is 11.8. The van der Waals surface area contributed by atoms with Crippen LogP contribution in [-0.2, 0) is 4.79 Å². The van der Waals surface area contributed by atoms with Gasteiger partial charge in [-0.05, 0) is 53.4 Å². The van der Waals surface area contributed by atoms with Gasteiger partial charge in [0, 0.05) is 12.1 Å². The highest BCUT2D eigenvalue weighted by Crippen LogP contribution is 2.31. The standard InChI is InChI=1S/C13H18BrN3O/c14-12-11(6-3-7-16-12)17-13(18)10-5-2-1-4-9(10)8-15/h3,6-7,9-10H,1-2,4-5,8,15H2,(H,17,18). The van der Waals surface area contributed by atoms with Gasteiger partial charge < -0.3 is 11.1 Å². The number of amides is 1. The van der Waals surface area contributed by atoms with Crippen molar-refractivity contribution in [1.29, 1.82) is 0 Å². The lowest BCUT2D eigenvalue weighted by Crippen LogP contribution is -2.35. The van der Waals surface area contributed by atoms with E-state index >= 15 is 0 Å². The van der Waals surface area contributed by atoms with Crippen LogP contribution < -0.4 is 11.1 Å². The van der Waals surface area contributed by atoms with Crippen LogP contribution in [0.25, 0.3) is 0 Å². The van der Waals surface area contributed by atoms with Gasteiger partial charge >= 0.3 is 0 Å². The fourth-order valence-corrected chi connectivity index (χ4v) is 2.89. The van der Waals surface area contributed by atoms with Crippen molar-refractivity contribution in [2.75, 3.05) is 11.9 Å². The van der Waals surface area contributed by atoms with E-state index in [2.05, 4.69) is 26.2 Å². The van der Waals surface area contributed by atoms with E-state index < -0.39 is 0 Å². The predicted octanol–water partition coefficient (Wildman–Crippen LogP) is 2.55. The van der Waals surface area contributed by atoms with E-state index in [0.717, 1.165) is 24.9 Å². The van der Waals surface area contributed by atoms with Crippen molar-refractivity contribution >= 4 is 27.5 Å². The van der Waals surface area contributed by atoms with Crippen molar-refractivity contribution in [3.63, 3.8) is 0 Å². The molecule has 1 aromatic heterocycles. The summed E-state index contributed by atoms with van der Waals surface area (Å²) in [5.41, 5.74) is 6.48. The normalized spacial score (nSPS) is 23.7. The Hall–Kier alpha value is -0.940. The van der Waals surface area contributed by atoms with Crippen molar-refractivity contribution in [1.82, 2.24) is 4.98 Å². The van der Waals surface area contributed by atoms with Crippen LogP contribution in [0.3, 0.4) is 0 Å². The molecular weight excluding hydrogens is 294 g/mol. The highest BCUT2D eigenvalue weighted by molar-refractivity contribution is 9.10. The van der Waals surface area contributed by atoms with Crippen molar-refractivity contribution in [2.45, 2.75) is 25.7 Å². The van der Waals surface area contributed by atoms with Gasteiger partial charge in [-0.1, -0.05) is 12.8 Å². The number of aromatic nitrogens is 1. The summed E-state index contributed by atoms with van der Waals surface area (Å²) in [6, 6.07) is 3.65. The first kappa shape index (κ1) is 13.5. The quantitative estimate of drug-likeness (QED) is 0.843. The van der Waals surface area contributed by atoms with Crippen LogP contribution in [0.1, 0.15) is 25.7 Å². The highest BCUT2D eigenvalue weighted by atomic mass is 79.9. The number of pyridine rings is 1. The fraction of sp³-hybridized carbons (Fsp3) is 0.538. The van der Waals surface area contributed by atoms with Crippen LogP contribution >= 0.6 is 15.9 Å². The van der Waals surface area contributed by atoms with E-state index in [0.29, 0.717) is 17.1 Å². The second-order valence-corrected chi connectivity index (χ2v) is 5.47. The Balaban J connectivity index is 2.05. The Labute approximate surface area is 115 Å². The summed E-state index contributed by atoms with van der Waals surface area (Å²) in [6.45, 7) is 0.590. The molecule has 1 aliphatic rings. The third-order valence-corrected chi connectivity index (χ3v) is 4.20. The second kappa shape index (κ2) is 6.29. The molecule has 1 aromatic rings. The number of carbonyl (C=O) groups is 1. The average molecular weight is 312 g/mol. The molecule has 0 spiro atoms. The average Bonchev–Trinajstić information content (AvgIpc) is 2.41.